The van der Waals surface area contributed by atoms with Crippen LogP contribution in [0.2, 0.25) is 4.34 Å². The van der Waals surface area contributed by atoms with Gasteiger partial charge in [-0.15, -0.1) is 5.10 Å². The number of ether oxygens (including phenoxy) is 1. The van der Waals surface area contributed by atoms with Crippen molar-refractivity contribution in [2.75, 3.05) is 4.72 Å². The van der Waals surface area contributed by atoms with Gasteiger partial charge in [0.1, 0.15) is 22.5 Å². The lowest BCUT2D eigenvalue weighted by Crippen LogP contribution is -2.17. The molecule has 0 radical (unpaired) electrons. The lowest BCUT2D eigenvalue weighted by atomic mass is 10.2. The predicted octanol–water partition coefficient (Wildman–Crippen LogP) is 3.80. The molecule has 0 atom stereocenters. The molecule has 0 unspecified atom stereocenters. The van der Waals surface area contributed by atoms with E-state index in [1.807, 2.05) is 0 Å². The van der Waals surface area contributed by atoms with E-state index in [0.717, 1.165) is 29.7 Å². The van der Waals surface area contributed by atoms with Gasteiger partial charge in [0, 0.05) is 11.5 Å². The molecule has 3 rings (SSSR count). The van der Waals surface area contributed by atoms with Crippen molar-refractivity contribution < 1.29 is 22.3 Å². The first-order valence-corrected chi connectivity index (χ1v) is 10.4. The van der Waals surface area contributed by atoms with E-state index in [9.17, 15) is 17.6 Å². The number of para-hydroxylation sites is 1. The van der Waals surface area contributed by atoms with E-state index in [1.54, 1.807) is 12.1 Å². The number of hydrogen-bond donors (Lipinski definition) is 1. The van der Waals surface area contributed by atoms with Gasteiger partial charge in [-0.2, -0.15) is 0 Å². The fourth-order valence-electron chi connectivity index (χ4n) is 2.36. The molecule has 0 saturated heterocycles. The maximum Gasteiger partial charge on any atom is 0.340 e. The number of rotatable bonds is 6. The van der Waals surface area contributed by atoms with Crippen molar-refractivity contribution in [1.29, 1.82) is 0 Å². The molecule has 0 amide bonds. The molecule has 0 aliphatic heterocycles. The molecule has 1 heterocycles. The summed E-state index contributed by atoms with van der Waals surface area (Å²) in [4.78, 5) is 12.3. The summed E-state index contributed by atoms with van der Waals surface area (Å²) in [6.07, 6.45) is 0. The van der Waals surface area contributed by atoms with E-state index in [4.69, 9.17) is 16.3 Å². The van der Waals surface area contributed by atoms with Crippen LogP contribution in [0.4, 0.5) is 10.1 Å². The summed E-state index contributed by atoms with van der Waals surface area (Å²) in [5.74, 6) is -1.31. The number of aryl methyl sites for hydroxylation is 1. The second kappa shape index (κ2) is 8.21. The van der Waals surface area contributed by atoms with Gasteiger partial charge in [-0.05, 0) is 42.8 Å². The SMILES string of the molecule is Cc1cc(F)ccc1S(=O)(=O)Nc1ccccc1C(=O)OCc1nnsc1Cl. The molecule has 0 aliphatic rings. The maximum absolute atomic E-state index is 13.3. The fraction of sp³-hybridized carbons (Fsp3) is 0.118. The smallest absolute Gasteiger partial charge is 0.340 e. The van der Waals surface area contributed by atoms with Crippen LogP contribution in [-0.4, -0.2) is 24.0 Å². The molecule has 0 fully saturated rings. The number of carbonyl (C=O) groups excluding carboxylic acids is 1. The minimum Gasteiger partial charge on any atom is -0.455 e. The predicted molar refractivity (Wildman–Crippen MR) is 102 cm³/mol. The monoisotopic (exact) mass is 441 g/mol. The molecular weight excluding hydrogens is 429 g/mol. The number of aromatic nitrogens is 2. The van der Waals surface area contributed by atoms with Crippen LogP contribution >= 0.6 is 23.1 Å². The molecule has 0 spiro atoms. The maximum atomic E-state index is 13.3. The summed E-state index contributed by atoms with van der Waals surface area (Å²) in [5.41, 5.74) is 0.571. The Hall–Kier alpha value is -2.56. The van der Waals surface area contributed by atoms with Gasteiger partial charge in [0.15, 0.2) is 0 Å². The van der Waals surface area contributed by atoms with E-state index in [0.29, 0.717) is 10.0 Å². The van der Waals surface area contributed by atoms with Gasteiger partial charge in [-0.25, -0.2) is 17.6 Å². The van der Waals surface area contributed by atoms with Crippen LogP contribution in [0.3, 0.4) is 0 Å². The molecule has 1 N–H and O–H groups in total. The van der Waals surface area contributed by atoms with Gasteiger partial charge in [0.05, 0.1) is 16.1 Å². The number of esters is 1. The highest BCUT2D eigenvalue weighted by Crippen LogP contribution is 2.24. The quantitative estimate of drug-likeness (QED) is 0.584. The molecule has 1 aromatic heterocycles. The van der Waals surface area contributed by atoms with E-state index in [-0.39, 0.29) is 28.3 Å². The van der Waals surface area contributed by atoms with Crippen molar-refractivity contribution >= 4 is 44.8 Å². The highest BCUT2D eigenvalue weighted by Gasteiger charge is 2.21. The van der Waals surface area contributed by atoms with Gasteiger partial charge in [-0.1, -0.05) is 28.2 Å². The Balaban J connectivity index is 1.83. The minimum absolute atomic E-state index is 0.00477. The van der Waals surface area contributed by atoms with Crippen LogP contribution in [0.1, 0.15) is 21.6 Å². The molecule has 2 aromatic carbocycles. The molecule has 11 heteroatoms. The molecule has 0 saturated carbocycles. The summed E-state index contributed by atoms with van der Waals surface area (Å²) in [5, 5.41) is 3.74. The zero-order valence-corrected chi connectivity index (χ0v) is 16.7. The second-order valence-electron chi connectivity index (χ2n) is 5.63. The van der Waals surface area contributed by atoms with E-state index in [1.165, 1.54) is 19.1 Å². The zero-order valence-electron chi connectivity index (χ0n) is 14.3. The van der Waals surface area contributed by atoms with Crippen molar-refractivity contribution in [2.24, 2.45) is 0 Å². The number of nitrogens with zero attached hydrogens (tertiary/aromatic N) is 2. The van der Waals surface area contributed by atoms with E-state index in [2.05, 4.69) is 14.3 Å². The largest absolute Gasteiger partial charge is 0.455 e. The Labute approximate surface area is 169 Å². The normalized spacial score (nSPS) is 11.2. The average Bonchev–Trinajstić information content (AvgIpc) is 3.04. The standard InChI is InChI=1S/C17H13ClFN3O4S2/c1-10-8-11(19)6-7-15(10)28(24,25)21-13-5-3-2-4-12(13)17(23)26-9-14-16(18)27-22-20-14/h2-8,21H,9H2,1H3. The molecule has 28 heavy (non-hydrogen) atoms. The molecule has 3 aromatic rings. The number of anilines is 1. The first-order chi connectivity index (χ1) is 13.3. The van der Waals surface area contributed by atoms with Gasteiger partial charge in [0.25, 0.3) is 10.0 Å². The number of sulfonamides is 1. The van der Waals surface area contributed by atoms with Crippen LogP contribution in [0.5, 0.6) is 0 Å². The number of hydrogen-bond acceptors (Lipinski definition) is 7. The first-order valence-electron chi connectivity index (χ1n) is 7.80. The molecule has 7 nitrogen and oxygen atoms in total. The number of carbonyl (C=O) groups is 1. The van der Waals surface area contributed by atoms with E-state index >= 15 is 0 Å². The van der Waals surface area contributed by atoms with Gasteiger partial charge < -0.3 is 4.74 Å². The lowest BCUT2D eigenvalue weighted by molar-refractivity contribution is 0.0469. The first kappa shape index (κ1) is 20.2. The van der Waals surface area contributed by atoms with Crippen molar-refractivity contribution in [3.8, 4) is 0 Å². The lowest BCUT2D eigenvalue weighted by Gasteiger charge is -2.13. The molecule has 0 bridgehead atoms. The second-order valence-corrected chi connectivity index (χ2v) is 8.64. The van der Waals surface area contributed by atoms with E-state index < -0.39 is 21.8 Å². The highest BCUT2D eigenvalue weighted by atomic mass is 35.5. The number of halogens is 2. The number of nitrogens with one attached hydrogen (secondary N) is 1. The Morgan fingerprint density at radius 2 is 2.04 bits per heavy atom. The summed E-state index contributed by atoms with van der Waals surface area (Å²) < 4.78 is 50.1. The van der Waals surface area contributed by atoms with Crippen LogP contribution in [0.25, 0.3) is 0 Å². The van der Waals surface area contributed by atoms with Gasteiger partial charge in [0.2, 0.25) is 0 Å². The third kappa shape index (κ3) is 4.46. The summed E-state index contributed by atoms with van der Waals surface area (Å²) >= 11 is 6.82. The van der Waals surface area contributed by atoms with Crippen LogP contribution in [0, 0.1) is 12.7 Å². The highest BCUT2D eigenvalue weighted by molar-refractivity contribution is 7.92. The van der Waals surface area contributed by atoms with Crippen LogP contribution < -0.4 is 4.72 Å². The average molecular weight is 442 g/mol. The zero-order chi connectivity index (χ0) is 20.3. The Bertz CT molecular complexity index is 1130. The van der Waals surface area contributed by atoms with Crippen molar-refractivity contribution in [3.05, 3.63) is 69.4 Å². The third-order valence-electron chi connectivity index (χ3n) is 3.67. The summed E-state index contributed by atoms with van der Waals surface area (Å²) in [6.45, 7) is 1.27. The Morgan fingerprint density at radius 1 is 1.29 bits per heavy atom. The van der Waals surface area contributed by atoms with Crippen molar-refractivity contribution in [2.45, 2.75) is 18.4 Å². The topological polar surface area (TPSA) is 98.2 Å². The van der Waals surface area contributed by atoms with Gasteiger partial charge >= 0.3 is 5.97 Å². The molecule has 146 valence electrons. The molecular formula is C17H13ClFN3O4S2. The fourth-order valence-corrected chi connectivity index (χ4v) is 4.27. The summed E-state index contributed by atoms with van der Waals surface area (Å²) in [6, 6.07) is 9.28. The molecule has 0 aliphatic carbocycles. The Morgan fingerprint density at radius 3 is 2.71 bits per heavy atom. The van der Waals surface area contributed by atoms with Crippen LogP contribution in [0.15, 0.2) is 47.4 Å². The minimum atomic E-state index is -4.05. The van der Waals surface area contributed by atoms with Crippen LogP contribution in [-0.2, 0) is 21.4 Å². The Kier molecular flexibility index (Phi) is 5.92. The van der Waals surface area contributed by atoms with Crippen molar-refractivity contribution in [3.63, 3.8) is 0 Å². The number of benzene rings is 2. The van der Waals surface area contributed by atoms with Crippen molar-refractivity contribution in [1.82, 2.24) is 9.59 Å². The third-order valence-corrected chi connectivity index (χ3v) is 6.18. The summed E-state index contributed by atoms with van der Waals surface area (Å²) in [7, 11) is -4.05. The van der Waals surface area contributed by atoms with Gasteiger partial charge in [-0.3, -0.25) is 4.72 Å².